The molecule has 0 unspecified atom stereocenters. The monoisotopic (exact) mass is 662 g/mol. The summed E-state index contributed by atoms with van der Waals surface area (Å²) < 4.78 is 2.45. The van der Waals surface area contributed by atoms with Crippen molar-refractivity contribution in [1.29, 1.82) is 0 Å². The Labute approximate surface area is 303 Å². The molecule has 2 heteroatoms. The van der Waals surface area contributed by atoms with Crippen molar-refractivity contribution in [3.05, 3.63) is 206 Å². The quantitative estimate of drug-likeness (QED) is 0.172. The highest BCUT2D eigenvalue weighted by atomic mass is 15.1. The number of rotatable bonds is 6. The summed E-state index contributed by atoms with van der Waals surface area (Å²) in [7, 11) is 0. The lowest BCUT2D eigenvalue weighted by Gasteiger charge is -2.28. The molecule has 1 aromatic heterocycles. The van der Waals surface area contributed by atoms with Gasteiger partial charge >= 0.3 is 0 Å². The Bertz CT molecular complexity index is 2890. The van der Waals surface area contributed by atoms with Crippen LogP contribution in [0.5, 0.6) is 0 Å². The molecule has 0 aliphatic rings. The molecule has 10 aromatic rings. The molecule has 9 aromatic carbocycles. The van der Waals surface area contributed by atoms with E-state index in [0.29, 0.717) is 0 Å². The number of fused-ring (bicyclic) bond motifs is 5. The first-order valence-electron chi connectivity index (χ1n) is 17.9. The lowest BCUT2D eigenvalue weighted by molar-refractivity contribution is 1.19. The van der Waals surface area contributed by atoms with Gasteiger partial charge in [-0.2, -0.15) is 0 Å². The van der Waals surface area contributed by atoms with E-state index in [1.807, 2.05) is 0 Å². The molecular formula is C50H34N2. The van der Waals surface area contributed by atoms with Gasteiger partial charge in [-0.3, -0.25) is 0 Å². The molecule has 1 heterocycles. The maximum Gasteiger partial charge on any atom is 0.0562 e. The Morgan fingerprint density at radius 3 is 1.71 bits per heavy atom. The Balaban J connectivity index is 1.21. The second kappa shape index (κ2) is 12.5. The van der Waals surface area contributed by atoms with Gasteiger partial charge in [-0.05, 0) is 75.3 Å². The van der Waals surface area contributed by atoms with E-state index in [9.17, 15) is 0 Å². The molecule has 52 heavy (non-hydrogen) atoms. The van der Waals surface area contributed by atoms with E-state index < -0.39 is 0 Å². The minimum atomic E-state index is 1.10. The Hall–Kier alpha value is -6.90. The second-order valence-corrected chi connectivity index (χ2v) is 13.3. The molecule has 244 valence electrons. The minimum absolute atomic E-state index is 1.10. The maximum absolute atomic E-state index is 2.45. The third-order valence-electron chi connectivity index (χ3n) is 10.4. The molecule has 10 rings (SSSR count). The highest BCUT2D eigenvalue weighted by Gasteiger charge is 2.20. The van der Waals surface area contributed by atoms with Crippen molar-refractivity contribution in [3.63, 3.8) is 0 Å². The first-order chi connectivity index (χ1) is 25.8. The molecule has 0 spiro atoms. The van der Waals surface area contributed by atoms with Crippen LogP contribution in [0.2, 0.25) is 0 Å². The summed E-state index contributed by atoms with van der Waals surface area (Å²) >= 11 is 0. The van der Waals surface area contributed by atoms with Gasteiger partial charge in [0.05, 0.1) is 22.4 Å². The second-order valence-electron chi connectivity index (χ2n) is 13.3. The highest BCUT2D eigenvalue weighted by molar-refractivity contribution is 6.12. The smallest absolute Gasteiger partial charge is 0.0562 e. The lowest BCUT2D eigenvalue weighted by Crippen LogP contribution is -2.11. The van der Waals surface area contributed by atoms with Crippen LogP contribution in [-0.2, 0) is 0 Å². The fraction of sp³-hybridized carbons (Fsp3) is 0. The van der Waals surface area contributed by atoms with E-state index >= 15 is 0 Å². The number of anilines is 3. The van der Waals surface area contributed by atoms with Crippen molar-refractivity contribution < 1.29 is 0 Å². The van der Waals surface area contributed by atoms with E-state index in [2.05, 4.69) is 216 Å². The van der Waals surface area contributed by atoms with Crippen molar-refractivity contribution in [2.75, 3.05) is 4.90 Å². The first-order valence-corrected chi connectivity index (χ1v) is 17.9. The third kappa shape index (κ3) is 4.96. The van der Waals surface area contributed by atoms with E-state index in [4.69, 9.17) is 0 Å². The van der Waals surface area contributed by atoms with E-state index in [-0.39, 0.29) is 0 Å². The van der Waals surface area contributed by atoms with Gasteiger partial charge in [-0.15, -0.1) is 0 Å². The number of hydrogen-bond donors (Lipinski definition) is 0. The molecular weight excluding hydrogens is 629 g/mol. The van der Waals surface area contributed by atoms with Gasteiger partial charge in [0.25, 0.3) is 0 Å². The Kier molecular flexibility index (Phi) is 7.18. The van der Waals surface area contributed by atoms with Gasteiger partial charge in [0.2, 0.25) is 0 Å². The van der Waals surface area contributed by atoms with Crippen LogP contribution in [0.4, 0.5) is 17.1 Å². The fourth-order valence-electron chi connectivity index (χ4n) is 7.99. The van der Waals surface area contributed by atoms with Gasteiger partial charge in [-0.1, -0.05) is 164 Å². The number of nitrogens with zero attached hydrogens (tertiary/aromatic N) is 2. The van der Waals surface area contributed by atoms with Crippen LogP contribution in [0.3, 0.4) is 0 Å². The average Bonchev–Trinajstić information content (AvgIpc) is 3.55. The van der Waals surface area contributed by atoms with Crippen molar-refractivity contribution >= 4 is 60.4 Å². The SMILES string of the molecule is c1ccc(-c2ccccc2N(c2ccc(-c3cccc4ccccc34)cc2)c2ccc3c4ccccc4n(-c4cccc5ccccc45)c3c2)cc1. The summed E-state index contributed by atoms with van der Waals surface area (Å²) in [5.74, 6) is 0. The molecule has 0 saturated heterocycles. The van der Waals surface area contributed by atoms with Crippen LogP contribution >= 0.6 is 0 Å². The zero-order valence-electron chi connectivity index (χ0n) is 28.5. The summed E-state index contributed by atoms with van der Waals surface area (Å²) in [5.41, 5.74) is 11.7. The molecule has 2 nitrogen and oxygen atoms in total. The van der Waals surface area contributed by atoms with Crippen LogP contribution in [0.1, 0.15) is 0 Å². The third-order valence-corrected chi connectivity index (χ3v) is 10.4. The maximum atomic E-state index is 2.45. The number of aromatic nitrogens is 1. The van der Waals surface area contributed by atoms with Gasteiger partial charge in [-0.25, -0.2) is 0 Å². The molecule has 0 fully saturated rings. The van der Waals surface area contributed by atoms with Crippen molar-refractivity contribution in [2.24, 2.45) is 0 Å². The summed E-state index contributed by atoms with van der Waals surface area (Å²) in [6.45, 7) is 0. The zero-order valence-corrected chi connectivity index (χ0v) is 28.5. The minimum Gasteiger partial charge on any atom is -0.310 e. The van der Waals surface area contributed by atoms with Gasteiger partial charge in [0.1, 0.15) is 0 Å². The molecule has 0 radical (unpaired) electrons. The van der Waals surface area contributed by atoms with Crippen LogP contribution in [0, 0.1) is 0 Å². The van der Waals surface area contributed by atoms with Gasteiger partial charge in [0.15, 0.2) is 0 Å². The summed E-state index contributed by atoms with van der Waals surface area (Å²) in [5, 5.41) is 7.44. The Morgan fingerprint density at radius 1 is 0.327 bits per heavy atom. The van der Waals surface area contributed by atoms with Crippen molar-refractivity contribution in [3.8, 4) is 27.9 Å². The number of benzene rings is 9. The number of hydrogen-bond acceptors (Lipinski definition) is 1. The molecule has 0 bridgehead atoms. The fourth-order valence-corrected chi connectivity index (χ4v) is 7.99. The van der Waals surface area contributed by atoms with Crippen LogP contribution in [-0.4, -0.2) is 4.57 Å². The summed E-state index contributed by atoms with van der Waals surface area (Å²) in [6, 6.07) is 74.7. The van der Waals surface area contributed by atoms with Gasteiger partial charge in [0, 0.05) is 33.1 Å². The van der Waals surface area contributed by atoms with E-state index in [1.165, 1.54) is 71.3 Å². The molecule has 0 amide bonds. The molecule has 0 aliphatic heterocycles. The largest absolute Gasteiger partial charge is 0.310 e. The normalized spacial score (nSPS) is 11.5. The predicted octanol–water partition coefficient (Wildman–Crippen LogP) is 13.9. The highest BCUT2D eigenvalue weighted by Crippen LogP contribution is 2.44. The first kappa shape index (κ1) is 30.0. The predicted molar refractivity (Wildman–Crippen MR) is 221 cm³/mol. The zero-order chi connectivity index (χ0) is 34.4. The van der Waals surface area contributed by atoms with Crippen LogP contribution in [0.15, 0.2) is 206 Å². The molecule has 0 N–H and O–H groups in total. The molecule has 0 aliphatic carbocycles. The standard InChI is InChI=1S/C50H34N2/c1-2-14-36(15-3-1)43-22-8-10-25-47(43)51(39-30-28-38(29-31-39)42-24-12-18-35-16-4-6-20-41(35)42)40-32-33-46-45-23-9-11-26-49(45)52(50(46)34-40)48-27-13-19-37-17-5-7-21-44(37)48/h1-34H. The van der Waals surface area contributed by atoms with Gasteiger partial charge < -0.3 is 9.47 Å². The van der Waals surface area contributed by atoms with Crippen LogP contribution in [0.25, 0.3) is 71.3 Å². The average molecular weight is 663 g/mol. The van der Waals surface area contributed by atoms with Crippen molar-refractivity contribution in [2.45, 2.75) is 0 Å². The molecule has 0 saturated carbocycles. The van der Waals surface area contributed by atoms with Crippen LogP contribution < -0.4 is 4.90 Å². The van der Waals surface area contributed by atoms with E-state index in [1.54, 1.807) is 0 Å². The van der Waals surface area contributed by atoms with Crippen molar-refractivity contribution in [1.82, 2.24) is 4.57 Å². The molecule has 0 atom stereocenters. The summed E-state index contributed by atoms with van der Waals surface area (Å²) in [6.07, 6.45) is 0. The number of para-hydroxylation sites is 2. The van der Waals surface area contributed by atoms with E-state index in [0.717, 1.165) is 17.1 Å². The Morgan fingerprint density at radius 2 is 0.885 bits per heavy atom. The lowest BCUT2D eigenvalue weighted by atomic mass is 9.97. The summed E-state index contributed by atoms with van der Waals surface area (Å²) in [4.78, 5) is 2.42. The topological polar surface area (TPSA) is 8.17 Å².